The third-order valence-corrected chi connectivity index (χ3v) is 2.90. The lowest BCUT2D eigenvalue weighted by molar-refractivity contribution is -0.122. The van der Waals surface area contributed by atoms with Gasteiger partial charge in [0.05, 0.1) is 6.04 Å². The van der Waals surface area contributed by atoms with E-state index in [1.54, 1.807) is 13.8 Å². The Balaban J connectivity index is 2.38. The Morgan fingerprint density at radius 2 is 2.18 bits per heavy atom. The average Bonchev–Trinajstić information content (AvgIpc) is 2.65. The molecule has 1 aliphatic rings. The third kappa shape index (κ3) is 4.32. The van der Waals surface area contributed by atoms with Crippen molar-refractivity contribution in [1.82, 2.24) is 21.3 Å². The van der Waals surface area contributed by atoms with Crippen LogP contribution in [0.4, 0.5) is 4.79 Å². The van der Waals surface area contributed by atoms with Gasteiger partial charge >= 0.3 is 6.03 Å². The van der Waals surface area contributed by atoms with Gasteiger partial charge in [0.15, 0.2) is 0 Å². The molecule has 6 heteroatoms. The highest BCUT2D eigenvalue weighted by Gasteiger charge is 2.31. The highest BCUT2D eigenvalue weighted by molar-refractivity contribution is 5.96. The highest BCUT2D eigenvalue weighted by Crippen LogP contribution is 2.13. The van der Waals surface area contributed by atoms with Gasteiger partial charge in [0.1, 0.15) is 0 Å². The van der Waals surface area contributed by atoms with Gasteiger partial charge in [-0.1, -0.05) is 0 Å². The molecule has 2 unspecified atom stereocenters. The summed E-state index contributed by atoms with van der Waals surface area (Å²) >= 11 is 0. The maximum atomic E-state index is 11.7. The molecule has 1 rings (SSSR count). The van der Waals surface area contributed by atoms with E-state index in [1.165, 1.54) is 0 Å². The van der Waals surface area contributed by atoms with Crippen LogP contribution < -0.4 is 21.3 Å². The molecule has 0 aromatic heterocycles. The summed E-state index contributed by atoms with van der Waals surface area (Å²) in [6.45, 7) is 7.93. The molecule has 17 heavy (non-hydrogen) atoms. The Hall–Kier alpha value is -1.14. The largest absolute Gasteiger partial charge is 0.338 e. The summed E-state index contributed by atoms with van der Waals surface area (Å²) in [4.78, 5) is 22.9. The molecule has 0 aromatic carbocycles. The van der Waals surface area contributed by atoms with E-state index in [0.29, 0.717) is 6.54 Å². The van der Waals surface area contributed by atoms with Crippen LogP contribution in [0.1, 0.15) is 27.2 Å². The SMILES string of the molecule is CCNC(=O)NC(=O)C(C)NC1(C)CCNC1. The van der Waals surface area contributed by atoms with Crippen LogP contribution >= 0.6 is 0 Å². The van der Waals surface area contributed by atoms with Crippen molar-refractivity contribution in [2.45, 2.75) is 38.8 Å². The smallest absolute Gasteiger partial charge is 0.321 e. The average molecular weight is 242 g/mol. The zero-order valence-electron chi connectivity index (χ0n) is 10.7. The second-order valence-electron chi connectivity index (χ2n) is 4.70. The Bertz CT molecular complexity index is 287. The topological polar surface area (TPSA) is 82.3 Å². The number of hydrogen-bond acceptors (Lipinski definition) is 4. The Morgan fingerprint density at radius 3 is 2.71 bits per heavy atom. The van der Waals surface area contributed by atoms with Crippen LogP contribution in [0.2, 0.25) is 0 Å². The zero-order valence-corrected chi connectivity index (χ0v) is 10.7. The lowest BCUT2D eigenvalue weighted by atomic mass is 10.0. The van der Waals surface area contributed by atoms with E-state index in [1.807, 2.05) is 0 Å². The van der Waals surface area contributed by atoms with Gasteiger partial charge < -0.3 is 10.6 Å². The molecule has 0 bridgehead atoms. The van der Waals surface area contributed by atoms with E-state index in [-0.39, 0.29) is 17.5 Å². The molecule has 0 aliphatic carbocycles. The van der Waals surface area contributed by atoms with Crippen LogP contribution in [0.5, 0.6) is 0 Å². The number of imide groups is 1. The molecule has 1 heterocycles. The molecule has 1 saturated heterocycles. The highest BCUT2D eigenvalue weighted by atomic mass is 16.2. The summed E-state index contributed by atoms with van der Waals surface area (Å²) in [6, 6.07) is -0.830. The number of carbonyl (C=O) groups is 2. The number of urea groups is 1. The molecule has 98 valence electrons. The molecular weight excluding hydrogens is 220 g/mol. The summed E-state index contributed by atoms with van der Waals surface area (Å²) in [5.74, 6) is -0.302. The normalized spacial score (nSPS) is 25.4. The van der Waals surface area contributed by atoms with Gasteiger partial charge in [-0.25, -0.2) is 4.79 Å². The van der Waals surface area contributed by atoms with Crippen molar-refractivity contribution in [3.05, 3.63) is 0 Å². The lowest BCUT2D eigenvalue weighted by Gasteiger charge is -2.28. The van der Waals surface area contributed by atoms with Crippen LogP contribution in [-0.2, 0) is 4.79 Å². The first-order valence-corrected chi connectivity index (χ1v) is 6.04. The molecule has 6 nitrogen and oxygen atoms in total. The van der Waals surface area contributed by atoms with E-state index < -0.39 is 6.03 Å². The van der Waals surface area contributed by atoms with Crippen LogP contribution in [-0.4, -0.2) is 43.2 Å². The van der Waals surface area contributed by atoms with Crippen molar-refractivity contribution >= 4 is 11.9 Å². The summed E-state index contributed by atoms with van der Waals surface area (Å²) in [5.41, 5.74) is -0.0714. The second-order valence-corrected chi connectivity index (χ2v) is 4.70. The first-order chi connectivity index (χ1) is 7.97. The minimum atomic E-state index is -0.444. The molecule has 0 radical (unpaired) electrons. The van der Waals surface area contributed by atoms with E-state index >= 15 is 0 Å². The first-order valence-electron chi connectivity index (χ1n) is 6.04. The molecule has 0 aromatic rings. The number of rotatable bonds is 4. The lowest BCUT2D eigenvalue weighted by Crippen LogP contribution is -2.55. The van der Waals surface area contributed by atoms with Crippen molar-refractivity contribution in [3.63, 3.8) is 0 Å². The predicted octanol–water partition coefficient (Wildman–Crippen LogP) is -0.438. The summed E-state index contributed by atoms with van der Waals surface area (Å²) in [6.07, 6.45) is 0.978. The van der Waals surface area contributed by atoms with Gasteiger partial charge in [-0.15, -0.1) is 0 Å². The van der Waals surface area contributed by atoms with Crippen LogP contribution in [0.3, 0.4) is 0 Å². The number of nitrogens with one attached hydrogen (secondary N) is 4. The number of hydrogen-bond donors (Lipinski definition) is 4. The minimum Gasteiger partial charge on any atom is -0.338 e. The van der Waals surface area contributed by atoms with Gasteiger partial charge in [0.2, 0.25) is 5.91 Å². The summed E-state index contributed by atoms with van der Waals surface area (Å²) in [5, 5.41) is 11.3. The maximum absolute atomic E-state index is 11.7. The Morgan fingerprint density at radius 1 is 1.47 bits per heavy atom. The van der Waals surface area contributed by atoms with Crippen LogP contribution in [0, 0.1) is 0 Å². The Kier molecular flexibility index (Phi) is 4.89. The van der Waals surface area contributed by atoms with E-state index in [9.17, 15) is 9.59 Å². The standard InChI is InChI=1S/C11H22N4O2/c1-4-13-10(17)14-9(16)8(2)15-11(3)5-6-12-7-11/h8,12,15H,4-7H2,1-3H3,(H2,13,14,16,17). The van der Waals surface area contributed by atoms with Crippen molar-refractivity contribution in [2.24, 2.45) is 0 Å². The number of carbonyl (C=O) groups excluding carboxylic acids is 2. The molecule has 0 saturated carbocycles. The molecule has 1 aliphatic heterocycles. The molecule has 0 spiro atoms. The van der Waals surface area contributed by atoms with Gasteiger partial charge in [-0.3, -0.25) is 15.4 Å². The Labute approximate surface area is 102 Å². The van der Waals surface area contributed by atoms with Crippen LogP contribution in [0.25, 0.3) is 0 Å². The molecule has 4 N–H and O–H groups in total. The fourth-order valence-electron chi connectivity index (χ4n) is 1.95. The summed E-state index contributed by atoms with van der Waals surface area (Å²) in [7, 11) is 0. The van der Waals surface area contributed by atoms with Gasteiger partial charge in [-0.05, 0) is 33.7 Å². The molecule has 1 fully saturated rings. The van der Waals surface area contributed by atoms with Gasteiger partial charge in [0.25, 0.3) is 0 Å². The van der Waals surface area contributed by atoms with Crippen molar-refractivity contribution in [1.29, 1.82) is 0 Å². The number of amides is 3. The summed E-state index contributed by atoms with van der Waals surface area (Å²) < 4.78 is 0. The molecule has 2 atom stereocenters. The fourth-order valence-corrected chi connectivity index (χ4v) is 1.95. The van der Waals surface area contributed by atoms with Crippen molar-refractivity contribution in [2.75, 3.05) is 19.6 Å². The molecular formula is C11H22N4O2. The van der Waals surface area contributed by atoms with Crippen molar-refractivity contribution in [3.8, 4) is 0 Å². The zero-order chi connectivity index (χ0) is 12.9. The van der Waals surface area contributed by atoms with Crippen molar-refractivity contribution < 1.29 is 9.59 Å². The van der Waals surface area contributed by atoms with Gasteiger partial charge in [0, 0.05) is 18.6 Å². The minimum absolute atomic E-state index is 0.0714. The van der Waals surface area contributed by atoms with Gasteiger partial charge in [-0.2, -0.15) is 0 Å². The second kappa shape index (κ2) is 5.97. The third-order valence-electron chi connectivity index (χ3n) is 2.90. The molecule has 3 amide bonds. The van der Waals surface area contributed by atoms with E-state index in [4.69, 9.17) is 0 Å². The van der Waals surface area contributed by atoms with Crippen LogP contribution in [0.15, 0.2) is 0 Å². The van der Waals surface area contributed by atoms with E-state index in [2.05, 4.69) is 28.2 Å². The predicted molar refractivity (Wildman–Crippen MR) is 65.7 cm³/mol. The monoisotopic (exact) mass is 242 g/mol. The maximum Gasteiger partial charge on any atom is 0.321 e. The van der Waals surface area contributed by atoms with E-state index in [0.717, 1.165) is 19.5 Å². The quantitative estimate of drug-likeness (QED) is 0.539. The fraction of sp³-hybridized carbons (Fsp3) is 0.818. The first kappa shape index (κ1) is 13.9.